The summed E-state index contributed by atoms with van der Waals surface area (Å²) in [6.45, 7) is 11.0. The normalized spacial score (nSPS) is 13.6. The van der Waals surface area contributed by atoms with E-state index in [1.165, 1.54) is 0 Å². The average Bonchev–Trinajstić information content (AvgIpc) is 2.35. The quantitative estimate of drug-likeness (QED) is 0.598. The Kier molecular flexibility index (Phi) is 6.99. The minimum Gasteiger partial charge on any atom is -0.475 e. The first-order valence-corrected chi connectivity index (χ1v) is 7.54. The average molecular weight is 292 g/mol. The number of aliphatic imine (C=N–C) groups is 1. The zero-order chi connectivity index (χ0) is 15.8. The van der Waals surface area contributed by atoms with Crippen LogP contribution in [-0.4, -0.2) is 23.1 Å². The molecule has 0 aliphatic carbocycles. The van der Waals surface area contributed by atoms with Gasteiger partial charge in [-0.25, -0.2) is 9.98 Å². The van der Waals surface area contributed by atoms with E-state index in [0.29, 0.717) is 24.3 Å². The second-order valence-electron chi connectivity index (χ2n) is 6.06. The molecule has 21 heavy (non-hydrogen) atoms. The van der Waals surface area contributed by atoms with Crippen LogP contribution in [0.2, 0.25) is 0 Å². The van der Waals surface area contributed by atoms with E-state index in [1.807, 2.05) is 26.0 Å². The molecule has 0 amide bonds. The summed E-state index contributed by atoms with van der Waals surface area (Å²) in [6.07, 6.45) is 2.91. The van der Waals surface area contributed by atoms with Gasteiger partial charge in [0.2, 0.25) is 5.88 Å². The molecule has 0 saturated heterocycles. The first-order valence-electron chi connectivity index (χ1n) is 7.54. The maximum atomic E-state index is 5.83. The van der Waals surface area contributed by atoms with E-state index in [-0.39, 0.29) is 12.1 Å². The molecule has 1 aromatic heterocycles. The number of ether oxygens (including phenoxy) is 1. The van der Waals surface area contributed by atoms with Crippen LogP contribution in [0.25, 0.3) is 0 Å². The van der Waals surface area contributed by atoms with E-state index in [2.05, 4.69) is 36.1 Å². The van der Waals surface area contributed by atoms with E-state index in [4.69, 9.17) is 10.5 Å². The molecule has 0 aliphatic heterocycles. The summed E-state index contributed by atoms with van der Waals surface area (Å²) < 4.78 is 5.83. The van der Waals surface area contributed by atoms with E-state index in [0.717, 1.165) is 12.0 Å². The number of guanidine groups is 1. The van der Waals surface area contributed by atoms with Gasteiger partial charge in [0.25, 0.3) is 0 Å². The van der Waals surface area contributed by atoms with Crippen LogP contribution in [0, 0.1) is 5.92 Å². The molecule has 1 unspecified atom stereocenters. The van der Waals surface area contributed by atoms with Gasteiger partial charge in [-0.3, -0.25) is 0 Å². The van der Waals surface area contributed by atoms with Crippen LogP contribution in [0.3, 0.4) is 0 Å². The maximum absolute atomic E-state index is 5.83. The van der Waals surface area contributed by atoms with Gasteiger partial charge < -0.3 is 15.8 Å². The molecule has 0 fully saturated rings. The lowest BCUT2D eigenvalue weighted by Crippen LogP contribution is -2.36. The lowest BCUT2D eigenvalue weighted by atomic mass is 10.1. The number of hydrogen-bond donors (Lipinski definition) is 2. The van der Waals surface area contributed by atoms with Gasteiger partial charge in [0.15, 0.2) is 5.96 Å². The van der Waals surface area contributed by atoms with E-state index >= 15 is 0 Å². The topological polar surface area (TPSA) is 72.5 Å². The molecule has 0 spiro atoms. The van der Waals surface area contributed by atoms with Crippen molar-refractivity contribution in [2.45, 2.75) is 59.7 Å². The fourth-order valence-electron chi connectivity index (χ4n) is 2.05. The van der Waals surface area contributed by atoms with Crippen LogP contribution in [0.4, 0.5) is 0 Å². The SMILES string of the molecule is CC(C)CC(C)Oc1cc(CN=C(N)NC(C)C)ccn1. The Balaban J connectivity index is 2.60. The van der Waals surface area contributed by atoms with E-state index < -0.39 is 0 Å². The largest absolute Gasteiger partial charge is 0.475 e. The molecule has 1 atom stereocenters. The molecule has 5 nitrogen and oxygen atoms in total. The molecule has 0 bridgehead atoms. The van der Waals surface area contributed by atoms with Crippen molar-refractivity contribution in [1.29, 1.82) is 0 Å². The maximum Gasteiger partial charge on any atom is 0.213 e. The Morgan fingerprint density at radius 3 is 2.67 bits per heavy atom. The lowest BCUT2D eigenvalue weighted by molar-refractivity contribution is 0.185. The van der Waals surface area contributed by atoms with Gasteiger partial charge in [-0.05, 0) is 44.7 Å². The minimum atomic E-state index is 0.156. The highest BCUT2D eigenvalue weighted by Gasteiger charge is 2.08. The van der Waals surface area contributed by atoms with Gasteiger partial charge in [0.1, 0.15) is 0 Å². The number of nitrogens with one attached hydrogen (secondary N) is 1. The molecule has 0 radical (unpaired) electrons. The molecule has 1 rings (SSSR count). The molecular formula is C16H28N4O. The molecule has 0 aromatic carbocycles. The highest BCUT2D eigenvalue weighted by atomic mass is 16.5. The van der Waals surface area contributed by atoms with Crippen molar-refractivity contribution in [1.82, 2.24) is 10.3 Å². The first kappa shape index (κ1) is 17.3. The highest BCUT2D eigenvalue weighted by Crippen LogP contribution is 2.15. The van der Waals surface area contributed by atoms with Crippen molar-refractivity contribution >= 4 is 5.96 Å². The molecular weight excluding hydrogens is 264 g/mol. The number of nitrogens with two attached hydrogens (primary N) is 1. The summed E-state index contributed by atoms with van der Waals surface area (Å²) >= 11 is 0. The van der Waals surface area contributed by atoms with Gasteiger partial charge in [0.05, 0.1) is 12.6 Å². The van der Waals surface area contributed by atoms with Gasteiger partial charge in [0, 0.05) is 18.3 Å². The Bertz CT molecular complexity index is 457. The summed E-state index contributed by atoms with van der Waals surface area (Å²) in [7, 11) is 0. The second-order valence-corrected chi connectivity index (χ2v) is 6.06. The first-order chi connectivity index (χ1) is 9.86. The fourth-order valence-corrected chi connectivity index (χ4v) is 2.05. The van der Waals surface area contributed by atoms with Crippen molar-refractivity contribution in [3.63, 3.8) is 0 Å². The number of pyridine rings is 1. The molecule has 118 valence electrons. The molecule has 1 heterocycles. The third kappa shape index (κ3) is 7.54. The summed E-state index contributed by atoms with van der Waals surface area (Å²) in [5.74, 6) is 1.71. The number of nitrogens with zero attached hydrogens (tertiary/aromatic N) is 2. The standard InChI is InChI=1S/C16H28N4O/c1-11(2)8-13(5)21-15-9-14(6-7-18-15)10-19-16(17)20-12(3)4/h6-7,9,11-13H,8,10H2,1-5H3,(H3,17,19,20). The second kappa shape index (κ2) is 8.49. The predicted molar refractivity (Wildman–Crippen MR) is 87.4 cm³/mol. The summed E-state index contributed by atoms with van der Waals surface area (Å²) in [5.41, 5.74) is 6.82. The summed E-state index contributed by atoms with van der Waals surface area (Å²) in [5, 5.41) is 3.06. The molecule has 0 saturated carbocycles. The number of aromatic nitrogens is 1. The third-order valence-corrected chi connectivity index (χ3v) is 2.79. The van der Waals surface area contributed by atoms with Gasteiger partial charge >= 0.3 is 0 Å². The monoisotopic (exact) mass is 292 g/mol. The highest BCUT2D eigenvalue weighted by molar-refractivity contribution is 5.78. The Morgan fingerprint density at radius 2 is 2.05 bits per heavy atom. The van der Waals surface area contributed by atoms with Crippen molar-refractivity contribution < 1.29 is 4.74 Å². The molecule has 1 aromatic rings. The summed E-state index contributed by atoms with van der Waals surface area (Å²) in [4.78, 5) is 8.55. The number of hydrogen-bond acceptors (Lipinski definition) is 3. The zero-order valence-corrected chi connectivity index (χ0v) is 13.8. The zero-order valence-electron chi connectivity index (χ0n) is 13.8. The van der Waals surface area contributed by atoms with Crippen molar-refractivity contribution in [2.75, 3.05) is 0 Å². The predicted octanol–water partition coefficient (Wildman–Crippen LogP) is 2.71. The fraction of sp³-hybridized carbons (Fsp3) is 0.625. The van der Waals surface area contributed by atoms with Crippen LogP contribution >= 0.6 is 0 Å². The van der Waals surface area contributed by atoms with Crippen LogP contribution in [0.5, 0.6) is 5.88 Å². The van der Waals surface area contributed by atoms with Crippen LogP contribution in [0.1, 0.15) is 46.6 Å². The van der Waals surface area contributed by atoms with Gasteiger partial charge in [-0.2, -0.15) is 0 Å². The van der Waals surface area contributed by atoms with Crippen LogP contribution in [0.15, 0.2) is 23.3 Å². The van der Waals surface area contributed by atoms with Crippen molar-refractivity contribution in [2.24, 2.45) is 16.6 Å². The minimum absolute atomic E-state index is 0.156. The Hall–Kier alpha value is -1.78. The van der Waals surface area contributed by atoms with Crippen molar-refractivity contribution in [3.05, 3.63) is 23.9 Å². The summed E-state index contributed by atoms with van der Waals surface area (Å²) in [6, 6.07) is 4.12. The van der Waals surface area contributed by atoms with Crippen LogP contribution < -0.4 is 15.8 Å². The molecule has 3 N–H and O–H groups in total. The van der Waals surface area contributed by atoms with E-state index in [9.17, 15) is 0 Å². The Labute approximate surface area is 128 Å². The smallest absolute Gasteiger partial charge is 0.213 e. The van der Waals surface area contributed by atoms with E-state index in [1.54, 1.807) is 6.20 Å². The van der Waals surface area contributed by atoms with Crippen molar-refractivity contribution in [3.8, 4) is 5.88 Å². The lowest BCUT2D eigenvalue weighted by Gasteiger charge is -2.16. The van der Waals surface area contributed by atoms with Crippen LogP contribution in [-0.2, 0) is 6.54 Å². The molecule has 5 heteroatoms. The number of rotatable bonds is 7. The van der Waals surface area contributed by atoms with Gasteiger partial charge in [-0.1, -0.05) is 13.8 Å². The molecule has 0 aliphatic rings. The Morgan fingerprint density at radius 1 is 1.33 bits per heavy atom. The van der Waals surface area contributed by atoms with Gasteiger partial charge in [-0.15, -0.1) is 0 Å². The third-order valence-electron chi connectivity index (χ3n) is 2.79.